The molecule has 0 amide bonds. The molecule has 0 spiro atoms. The zero-order chi connectivity index (χ0) is 49.2. The van der Waals surface area contributed by atoms with Gasteiger partial charge in [0.25, 0.3) is 0 Å². The first-order chi connectivity index (χ1) is 33.6. The summed E-state index contributed by atoms with van der Waals surface area (Å²) in [7, 11) is 0. The molecular weight excluding hydrogens is 837 g/mol. The average molecular weight is 954 g/mol. The molecule has 1 atom stereocenters. The van der Waals surface area contributed by atoms with E-state index in [0.29, 0.717) is 19.4 Å². The summed E-state index contributed by atoms with van der Waals surface area (Å²) >= 11 is 0. The summed E-state index contributed by atoms with van der Waals surface area (Å²) in [6.45, 7) is 7.74. The lowest BCUT2D eigenvalue weighted by Crippen LogP contribution is -2.30. The van der Waals surface area contributed by atoms with Crippen molar-refractivity contribution in [2.24, 2.45) is 0 Å². The molecule has 0 saturated carbocycles. The van der Waals surface area contributed by atoms with Gasteiger partial charge in [-0.1, -0.05) is 275 Å². The normalized spacial score (nSPS) is 12.5. The van der Waals surface area contributed by atoms with Crippen molar-refractivity contribution >= 4 is 11.9 Å². The van der Waals surface area contributed by atoms with Crippen LogP contribution in [0.25, 0.3) is 0 Å². The molecule has 398 valence electrons. The molecule has 0 aromatic heterocycles. The van der Waals surface area contributed by atoms with Crippen LogP contribution in [-0.2, 0) is 23.8 Å². The largest absolute Gasteiger partial charge is 0.462 e. The molecular formula is C63H116O5. The minimum Gasteiger partial charge on any atom is -0.462 e. The smallest absolute Gasteiger partial charge is 0.306 e. The first-order valence-corrected chi connectivity index (χ1v) is 30.2. The fourth-order valence-electron chi connectivity index (χ4n) is 8.88. The van der Waals surface area contributed by atoms with Crippen LogP contribution < -0.4 is 0 Å². The summed E-state index contributed by atoms with van der Waals surface area (Å²) < 4.78 is 17.5. The van der Waals surface area contributed by atoms with Crippen molar-refractivity contribution in [1.29, 1.82) is 0 Å². The Kier molecular flexibility index (Phi) is 57.3. The van der Waals surface area contributed by atoms with Crippen molar-refractivity contribution in [2.45, 2.75) is 322 Å². The highest BCUT2D eigenvalue weighted by Gasteiger charge is 2.17. The van der Waals surface area contributed by atoms with Crippen molar-refractivity contribution in [3.8, 4) is 0 Å². The van der Waals surface area contributed by atoms with Crippen LogP contribution in [0.4, 0.5) is 0 Å². The third kappa shape index (κ3) is 56.4. The van der Waals surface area contributed by atoms with Crippen molar-refractivity contribution in [3.63, 3.8) is 0 Å². The van der Waals surface area contributed by atoms with Crippen LogP contribution in [-0.4, -0.2) is 37.9 Å². The SMILES string of the molecule is CC/C=C\C/C=C\C/C=C\CCCCCCCCOCC(COC(=O)CCCCCCCCCCCCCCCCCCCCC)OC(=O)CCCCCCCCC/C=C\CCCCCCCC. The van der Waals surface area contributed by atoms with Gasteiger partial charge in [-0.2, -0.15) is 0 Å². The molecule has 0 heterocycles. The topological polar surface area (TPSA) is 61.8 Å². The first-order valence-electron chi connectivity index (χ1n) is 30.2. The number of unbranched alkanes of at least 4 members (excludes halogenated alkanes) is 37. The van der Waals surface area contributed by atoms with Crippen LogP contribution in [0.1, 0.15) is 316 Å². The second-order valence-corrected chi connectivity index (χ2v) is 20.2. The first kappa shape index (κ1) is 65.9. The van der Waals surface area contributed by atoms with E-state index in [0.717, 1.165) is 70.6 Å². The molecule has 5 heteroatoms. The monoisotopic (exact) mass is 953 g/mol. The van der Waals surface area contributed by atoms with E-state index in [9.17, 15) is 9.59 Å². The molecule has 0 aliphatic rings. The van der Waals surface area contributed by atoms with Crippen LogP contribution in [0.15, 0.2) is 48.6 Å². The number of carbonyl (C=O) groups is 2. The number of hydrogen-bond acceptors (Lipinski definition) is 5. The molecule has 5 nitrogen and oxygen atoms in total. The quantitative estimate of drug-likeness (QED) is 0.0345. The molecule has 68 heavy (non-hydrogen) atoms. The summed E-state index contributed by atoms with van der Waals surface area (Å²) in [6.07, 6.45) is 74.2. The minimum atomic E-state index is -0.544. The third-order valence-corrected chi connectivity index (χ3v) is 13.3. The summed E-state index contributed by atoms with van der Waals surface area (Å²) in [4.78, 5) is 25.6. The number of allylic oxidation sites excluding steroid dienone is 8. The summed E-state index contributed by atoms with van der Waals surface area (Å²) in [6, 6.07) is 0. The molecule has 0 aliphatic carbocycles. The summed E-state index contributed by atoms with van der Waals surface area (Å²) in [5.41, 5.74) is 0. The molecule has 0 aromatic carbocycles. The zero-order valence-corrected chi connectivity index (χ0v) is 45.9. The predicted octanol–water partition coefficient (Wildman–Crippen LogP) is 20.7. The Morgan fingerprint density at radius 3 is 1.07 bits per heavy atom. The zero-order valence-electron chi connectivity index (χ0n) is 45.9. The summed E-state index contributed by atoms with van der Waals surface area (Å²) in [5, 5.41) is 0. The number of hydrogen-bond donors (Lipinski definition) is 0. The van der Waals surface area contributed by atoms with Gasteiger partial charge in [0.05, 0.1) is 6.61 Å². The Morgan fingerprint density at radius 1 is 0.338 bits per heavy atom. The van der Waals surface area contributed by atoms with Crippen LogP contribution in [0.3, 0.4) is 0 Å². The maximum atomic E-state index is 12.9. The second-order valence-electron chi connectivity index (χ2n) is 20.2. The van der Waals surface area contributed by atoms with Gasteiger partial charge in [0.15, 0.2) is 6.10 Å². The maximum Gasteiger partial charge on any atom is 0.306 e. The van der Waals surface area contributed by atoms with Crippen LogP contribution in [0.5, 0.6) is 0 Å². The number of ether oxygens (including phenoxy) is 3. The average Bonchev–Trinajstić information content (AvgIpc) is 3.34. The van der Waals surface area contributed by atoms with Gasteiger partial charge >= 0.3 is 11.9 Å². The molecule has 0 rings (SSSR count). The lowest BCUT2D eigenvalue weighted by molar-refractivity contribution is -0.163. The molecule has 0 N–H and O–H groups in total. The standard InChI is InChI=1S/C63H116O5/c1-4-7-10-13-16-19-22-25-28-31-32-34-35-38-41-44-47-50-53-56-62(64)67-60-61(59-66-58-55-52-49-46-43-40-37-30-27-24-21-18-15-12-9-6-3)68-63(65)57-54-51-48-45-42-39-36-33-29-26-23-20-17-14-11-8-5-2/h9,12,18,21,26-27,29-30,61H,4-8,10-11,13-17,19-20,22-25,28,31-60H2,1-3H3/b12-9-,21-18-,29-26-,30-27-. The Hall–Kier alpha value is -2.14. The fraction of sp³-hybridized carbons (Fsp3) is 0.841. The van der Waals surface area contributed by atoms with Crippen LogP contribution in [0, 0.1) is 0 Å². The van der Waals surface area contributed by atoms with Gasteiger partial charge in [-0.05, 0) is 77.0 Å². The molecule has 0 saturated heterocycles. The Labute approximate surface area is 424 Å². The van der Waals surface area contributed by atoms with Gasteiger partial charge in [0.1, 0.15) is 6.61 Å². The Morgan fingerprint density at radius 2 is 0.662 bits per heavy atom. The highest BCUT2D eigenvalue weighted by atomic mass is 16.6. The van der Waals surface area contributed by atoms with E-state index in [2.05, 4.69) is 69.4 Å². The maximum absolute atomic E-state index is 12.9. The fourth-order valence-corrected chi connectivity index (χ4v) is 8.88. The molecule has 0 aromatic rings. The molecule has 0 fully saturated rings. The van der Waals surface area contributed by atoms with Gasteiger partial charge in [0.2, 0.25) is 0 Å². The molecule has 0 aliphatic heterocycles. The lowest BCUT2D eigenvalue weighted by atomic mass is 10.0. The van der Waals surface area contributed by atoms with Crippen molar-refractivity contribution in [3.05, 3.63) is 48.6 Å². The lowest BCUT2D eigenvalue weighted by Gasteiger charge is -2.18. The summed E-state index contributed by atoms with van der Waals surface area (Å²) in [5.74, 6) is -0.391. The van der Waals surface area contributed by atoms with Crippen molar-refractivity contribution in [1.82, 2.24) is 0 Å². The van der Waals surface area contributed by atoms with E-state index in [-0.39, 0.29) is 25.2 Å². The van der Waals surface area contributed by atoms with E-state index < -0.39 is 6.10 Å². The van der Waals surface area contributed by atoms with E-state index in [4.69, 9.17) is 14.2 Å². The number of carbonyl (C=O) groups excluding carboxylic acids is 2. The predicted molar refractivity (Wildman–Crippen MR) is 298 cm³/mol. The number of esters is 2. The van der Waals surface area contributed by atoms with E-state index in [1.54, 1.807) is 0 Å². The molecule has 1 unspecified atom stereocenters. The van der Waals surface area contributed by atoms with Crippen LogP contribution >= 0.6 is 0 Å². The van der Waals surface area contributed by atoms with Crippen LogP contribution in [0.2, 0.25) is 0 Å². The van der Waals surface area contributed by atoms with E-state index in [1.165, 1.54) is 212 Å². The second kappa shape index (κ2) is 59.2. The van der Waals surface area contributed by atoms with Crippen molar-refractivity contribution in [2.75, 3.05) is 19.8 Å². The van der Waals surface area contributed by atoms with Gasteiger partial charge in [-0.15, -0.1) is 0 Å². The Bertz CT molecular complexity index is 1120. The van der Waals surface area contributed by atoms with Gasteiger partial charge in [0, 0.05) is 19.4 Å². The van der Waals surface area contributed by atoms with Gasteiger partial charge in [-0.25, -0.2) is 0 Å². The Balaban J connectivity index is 4.25. The molecule has 0 radical (unpaired) electrons. The molecule has 0 bridgehead atoms. The van der Waals surface area contributed by atoms with Crippen molar-refractivity contribution < 1.29 is 23.8 Å². The third-order valence-electron chi connectivity index (χ3n) is 13.3. The van der Waals surface area contributed by atoms with Gasteiger partial charge in [-0.3, -0.25) is 9.59 Å². The van der Waals surface area contributed by atoms with E-state index >= 15 is 0 Å². The highest BCUT2D eigenvalue weighted by Crippen LogP contribution is 2.17. The minimum absolute atomic E-state index is 0.0823. The number of rotatable bonds is 56. The highest BCUT2D eigenvalue weighted by molar-refractivity contribution is 5.70. The van der Waals surface area contributed by atoms with Gasteiger partial charge < -0.3 is 14.2 Å². The van der Waals surface area contributed by atoms with E-state index in [1.807, 2.05) is 0 Å².